The van der Waals surface area contributed by atoms with Gasteiger partial charge in [-0.2, -0.15) is 0 Å². The van der Waals surface area contributed by atoms with E-state index in [1.807, 2.05) is 41.3 Å². The molecule has 142 valence electrons. The minimum Gasteiger partial charge on any atom is -0.497 e. The van der Waals surface area contributed by atoms with E-state index in [0.29, 0.717) is 6.04 Å². The summed E-state index contributed by atoms with van der Waals surface area (Å²) in [5, 5.41) is 0. The quantitative estimate of drug-likeness (QED) is 0.730. The molecule has 1 unspecified atom stereocenters. The minimum absolute atomic E-state index is 0.0867. The predicted octanol–water partition coefficient (Wildman–Crippen LogP) is 3.83. The topological polar surface area (TPSA) is 32.8 Å². The molecule has 0 spiro atoms. The van der Waals surface area contributed by atoms with E-state index in [2.05, 4.69) is 36.2 Å². The summed E-state index contributed by atoms with van der Waals surface area (Å²) >= 11 is 0. The monoisotopic (exact) mass is 364 g/mol. The van der Waals surface area contributed by atoms with Crippen molar-refractivity contribution < 1.29 is 9.53 Å². The highest BCUT2D eigenvalue weighted by Crippen LogP contribution is 2.18. The highest BCUT2D eigenvalue weighted by atomic mass is 16.5. The zero-order valence-corrected chi connectivity index (χ0v) is 16.2. The van der Waals surface area contributed by atoms with Gasteiger partial charge in [-0.15, -0.1) is 0 Å². The summed E-state index contributed by atoms with van der Waals surface area (Å²) in [6, 6.07) is 18.6. The van der Waals surface area contributed by atoms with E-state index in [9.17, 15) is 4.79 Å². The fourth-order valence-corrected chi connectivity index (χ4v) is 3.50. The van der Waals surface area contributed by atoms with E-state index in [1.165, 1.54) is 5.56 Å². The number of carbonyl (C=O) groups is 1. The normalized spacial score (nSPS) is 17.4. The molecule has 3 rings (SSSR count). The molecule has 0 radical (unpaired) electrons. The first-order valence-electron chi connectivity index (χ1n) is 9.51. The maximum Gasteiger partial charge on any atom is 0.246 e. The maximum absolute atomic E-state index is 12.6. The van der Waals surface area contributed by atoms with Crippen LogP contribution in [0.3, 0.4) is 0 Å². The van der Waals surface area contributed by atoms with Crippen molar-refractivity contribution in [3.63, 3.8) is 0 Å². The molecular weight excluding hydrogens is 336 g/mol. The Labute approximate surface area is 162 Å². The van der Waals surface area contributed by atoms with Gasteiger partial charge in [-0.1, -0.05) is 42.5 Å². The summed E-state index contributed by atoms with van der Waals surface area (Å²) in [4.78, 5) is 16.9. The van der Waals surface area contributed by atoms with Crippen LogP contribution in [-0.4, -0.2) is 49.0 Å². The van der Waals surface area contributed by atoms with Gasteiger partial charge in [-0.05, 0) is 49.2 Å². The van der Waals surface area contributed by atoms with E-state index in [-0.39, 0.29) is 5.91 Å². The summed E-state index contributed by atoms with van der Waals surface area (Å²) < 4.78 is 5.16. The Morgan fingerprint density at radius 2 is 1.93 bits per heavy atom. The van der Waals surface area contributed by atoms with Crippen molar-refractivity contribution in [2.24, 2.45) is 0 Å². The molecule has 1 saturated heterocycles. The largest absolute Gasteiger partial charge is 0.497 e. The lowest BCUT2D eigenvalue weighted by molar-refractivity contribution is -0.128. The number of nitrogens with zero attached hydrogens (tertiary/aromatic N) is 2. The molecule has 0 aliphatic carbocycles. The highest BCUT2D eigenvalue weighted by molar-refractivity contribution is 5.91. The minimum atomic E-state index is 0.0867. The zero-order chi connectivity index (χ0) is 19.1. The second kappa shape index (κ2) is 9.38. The first-order chi connectivity index (χ1) is 13.2. The number of carbonyl (C=O) groups excluding carboxylic acids is 1. The first kappa shape index (κ1) is 19.2. The lowest BCUT2D eigenvalue weighted by Crippen LogP contribution is -2.47. The number of rotatable bonds is 6. The number of hydrogen-bond donors (Lipinski definition) is 0. The molecule has 0 saturated carbocycles. The van der Waals surface area contributed by atoms with Crippen molar-refractivity contribution in [3.8, 4) is 5.75 Å². The van der Waals surface area contributed by atoms with E-state index >= 15 is 0 Å². The summed E-state index contributed by atoms with van der Waals surface area (Å²) in [7, 11) is 3.80. The van der Waals surface area contributed by atoms with Gasteiger partial charge in [-0.3, -0.25) is 9.69 Å². The van der Waals surface area contributed by atoms with Crippen LogP contribution in [0.25, 0.3) is 6.08 Å². The van der Waals surface area contributed by atoms with Gasteiger partial charge < -0.3 is 9.64 Å². The number of likely N-dealkylation sites (N-methyl/N-ethyl adjacent to an activating group) is 1. The molecule has 4 nitrogen and oxygen atoms in total. The van der Waals surface area contributed by atoms with Gasteiger partial charge in [0.15, 0.2) is 0 Å². The van der Waals surface area contributed by atoms with Crippen molar-refractivity contribution in [1.82, 2.24) is 9.80 Å². The molecular formula is C23H28N2O2. The van der Waals surface area contributed by atoms with E-state index in [1.54, 1.807) is 13.2 Å². The van der Waals surface area contributed by atoms with Crippen molar-refractivity contribution in [2.45, 2.75) is 25.4 Å². The molecule has 27 heavy (non-hydrogen) atoms. The average Bonchev–Trinajstić information content (AvgIpc) is 2.73. The van der Waals surface area contributed by atoms with Crippen LogP contribution in [0.5, 0.6) is 5.75 Å². The van der Waals surface area contributed by atoms with Crippen molar-refractivity contribution in [3.05, 3.63) is 71.8 Å². The number of ether oxygens (including phenoxy) is 1. The number of hydrogen-bond acceptors (Lipinski definition) is 3. The molecule has 2 aromatic rings. The summed E-state index contributed by atoms with van der Waals surface area (Å²) in [5.74, 6) is 0.905. The van der Waals surface area contributed by atoms with Crippen molar-refractivity contribution in [1.29, 1.82) is 0 Å². The molecule has 1 heterocycles. The molecule has 0 aromatic heterocycles. The third-order valence-corrected chi connectivity index (χ3v) is 5.14. The van der Waals surface area contributed by atoms with Crippen LogP contribution in [-0.2, 0) is 11.3 Å². The molecule has 0 N–H and O–H groups in total. The third kappa shape index (κ3) is 5.44. The number of likely N-dealkylation sites (tertiary alicyclic amines) is 1. The van der Waals surface area contributed by atoms with Gasteiger partial charge in [0, 0.05) is 31.8 Å². The fourth-order valence-electron chi connectivity index (χ4n) is 3.50. The summed E-state index contributed by atoms with van der Waals surface area (Å²) in [6.45, 7) is 2.53. The predicted molar refractivity (Wildman–Crippen MR) is 110 cm³/mol. The van der Waals surface area contributed by atoms with E-state index < -0.39 is 0 Å². The van der Waals surface area contributed by atoms with Gasteiger partial charge >= 0.3 is 0 Å². The van der Waals surface area contributed by atoms with Gasteiger partial charge in [-0.25, -0.2) is 0 Å². The Bertz CT molecular complexity index is 756. The zero-order valence-electron chi connectivity index (χ0n) is 16.2. The molecule has 1 aliphatic heterocycles. The van der Waals surface area contributed by atoms with Crippen LogP contribution < -0.4 is 4.74 Å². The van der Waals surface area contributed by atoms with Crippen LogP contribution in [0.4, 0.5) is 0 Å². The number of benzene rings is 2. The van der Waals surface area contributed by atoms with Gasteiger partial charge in [0.25, 0.3) is 0 Å². The number of amides is 1. The molecule has 2 aromatic carbocycles. The van der Waals surface area contributed by atoms with Crippen LogP contribution in [0, 0.1) is 0 Å². The smallest absolute Gasteiger partial charge is 0.246 e. The number of methoxy groups -OCH3 is 1. The van der Waals surface area contributed by atoms with E-state index in [4.69, 9.17) is 4.74 Å². The summed E-state index contributed by atoms with van der Waals surface area (Å²) in [5.41, 5.74) is 2.31. The highest BCUT2D eigenvalue weighted by Gasteiger charge is 2.25. The second-order valence-electron chi connectivity index (χ2n) is 7.09. The Hall–Kier alpha value is -2.59. The molecule has 0 bridgehead atoms. The molecule has 1 amide bonds. The lowest BCUT2D eigenvalue weighted by Gasteiger charge is -2.37. The Balaban J connectivity index is 1.56. The fraction of sp³-hybridized carbons (Fsp3) is 0.348. The van der Waals surface area contributed by atoms with Crippen molar-refractivity contribution >= 4 is 12.0 Å². The molecule has 1 aliphatic rings. The van der Waals surface area contributed by atoms with Crippen LogP contribution in [0.15, 0.2) is 60.7 Å². The first-order valence-corrected chi connectivity index (χ1v) is 9.51. The lowest BCUT2D eigenvalue weighted by atomic mass is 10.0. The van der Waals surface area contributed by atoms with Crippen LogP contribution in [0.2, 0.25) is 0 Å². The van der Waals surface area contributed by atoms with Gasteiger partial charge in [0.05, 0.1) is 7.11 Å². The molecule has 1 atom stereocenters. The Morgan fingerprint density at radius 3 is 2.63 bits per heavy atom. The van der Waals surface area contributed by atoms with Crippen LogP contribution in [0.1, 0.15) is 24.0 Å². The Morgan fingerprint density at radius 1 is 1.19 bits per heavy atom. The van der Waals surface area contributed by atoms with Gasteiger partial charge in [0.1, 0.15) is 5.75 Å². The SMILES string of the molecule is COc1ccc(C=CC(=O)N2CCCC(N(C)Cc3ccccc3)C2)cc1. The van der Waals surface area contributed by atoms with E-state index in [0.717, 1.165) is 43.8 Å². The van der Waals surface area contributed by atoms with Crippen molar-refractivity contribution in [2.75, 3.05) is 27.2 Å². The van der Waals surface area contributed by atoms with Crippen LogP contribution >= 0.6 is 0 Å². The molecule has 4 heteroatoms. The second-order valence-corrected chi connectivity index (χ2v) is 7.09. The summed E-state index contributed by atoms with van der Waals surface area (Å²) in [6.07, 6.45) is 5.74. The third-order valence-electron chi connectivity index (χ3n) is 5.14. The Kier molecular flexibility index (Phi) is 6.66. The number of piperidine rings is 1. The van der Waals surface area contributed by atoms with Gasteiger partial charge in [0.2, 0.25) is 5.91 Å². The average molecular weight is 364 g/mol. The molecule has 1 fully saturated rings. The standard InChI is InChI=1S/C23H28N2O2/c1-24(17-20-7-4-3-5-8-20)21-9-6-16-25(18-21)23(26)15-12-19-10-13-22(27-2)14-11-19/h3-5,7-8,10-15,21H,6,9,16-18H2,1-2H3. The maximum atomic E-state index is 12.6.